The zero-order valence-electron chi connectivity index (χ0n) is 18.8. The maximum atomic E-state index is 12.5. The second-order valence-corrected chi connectivity index (χ2v) is 8.93. The molecule has 2 aromatic rings. The number of aliphatic carboxylic acids is 1. The molecule has 3 atom stereocenters. The Bertz CT molecular complexity index is 991. The first kappa shape index (κ1) is 22.8. The Morgan fingerprint density at radius 1 is 1.00 bits per heavy atom. The third-order valence-electron chi connectivity index (χ3n) is 6.84. The molecule has 2 aliphatic rings. The molecule has 3 N–H and O–H groups in total. The van der Waals surface area contributed by atoms with Crippen molar-refractivity contribution in [3.63, 3.8) is 0 Å². The fourth-order valence-corrected chi connectivity index (χ4v) is 5.04. The Hall–Kier alpha value is -3.35. The summed E-state index contributed by atoms with van der Waals surface area (Å²) in [4.78, 5) is 36.3. The van der Waals surface area contributed by atoms with Crippen LogP contribution in [-0.2, 0) is 14.3 Å². The monoisotopic (exact) mass is 450 g/mol. The lowest BCUT2D eigenvalue weighted by atomic mass is 9.79. The third kappa shape index (κ3) is 5.02. The highest BCUT2D eigenvalue weighted by Crippen LogP contribution is 2.44. The first-order chi connectivity index (χ1) is 16.0. The van der Waals surface area contributed by atoms with Gasteiger partial charge in [-0.2, -0.15) is 0 Å². The zero-order chi connectivity index (χ0) is 23.4. The largest absolute Gasteiger partial charge is 0.481 e. The Morgan fingerprint density at radius 3 is 2.24 bits per heavy atom. The van der Waals surface area contributed by atoms with E-state index in [0.29, 0.717) is 13.0 Å². The minimum absolute atomic E-state index is 0.0495. The summed E-state index contributed by atoms with van der Waals surface area (Å²) < 4.78 is 5.50. The lowest BCUT2D eigenvalue weighted by Crippen LogP contribution is -2.47. The molecule has 3 unspecified atom stereocenters. The third-order valence-corrected chi connectivity index (χ3v) is 6.84. The van der Waals surface area contributed by atoms with Gasteiger partial charge in [0, 0.05) is 12.5 Å². The molecular weight excluding hydrogens is 420 g/mol. The predicted octanol–water partition coefficient (Wildman–Crippen LogP) is 3.92. The quantitative estimate of drug-likeness (QED) is 0.593. The summed E-state index contributed by atoms with van der Waals surface area (Å²) in [5, 5.41) is 14.8. The molecule has 0 heterocycles. The molecule has 2 aliphatic carbocycles. The Balaban J connectivity index is 1.28. The maximum Gasteiger partial charge on any atom is 0.407 e. The van der Waals surface area contributed by atoms with Gasteiger partial charge in [-0.1, -0.05) is 61.4 Å². The van der Waals surface area contributed by atoms with E-state index in [9.17, 15) is 19.5 Å². The molecule has 0 aromatic heterocycles. The Labute approximate surface area is 193 Å². The fourth-order valence-electron chi connectivity index (χ4n) is 5.04. The number of nitrogens with one attached hydrogen (secondary N) is 2. The standard InChI is InChI=1S/C26H30N2O5/c1-16(24(29)27-14-17-8-2-3-9-18(17)25(30)31)28-26(32)33-15-23-21-12-6-4-10-19(21)20-11-5-7-13-22(20)23/h4-7,10-13,16-18,23H,2-3,8-9,14-15H2,1H3,(H,27,29)(H,28,32)(H,30,31). The molecular formula is C26H30N2O5. The van der Waals surface area contributed by atoms with Crippen LogP contribution in [0, 0.1) is 11.8 Å². The molecule has 174 valence electrons. The van der Waals surface area contributed by atoms with Crippen LogP contribution in [0.5, 0.6) is 0 Å². The number of hydrogen-bond donors (Lipinski definition) is 3. The molecule has 0 spiro atoms. The number of carboxylic acids is 1. The number of ether oxygens (including phenoxy) is 1. The molecule has 33 heavy (non-hydrogen) atoms. The number of carbonyl (C=O) groups is 3. The smallest absolute Gasteiger partial charge is 0.407 e. The molecule has 2 aromatic carbocycles. The molecule has 4 rings (SSSR count). The number of carbonyl (C=O) groups excluding carboxylic acids is 2. The topological polar surface area (TPSA) is 105 Å². The van der Waals surface area contributed by atoms with Crippen LogP contribution < -0.4 is 10.6 Å². The van der Waals surface area contributed by atoms with E-state index in [1.807, 2.05) is 36.4 Å². The van der Waals surface area contributed by atoms with Crippen LogP contribution in [0.4, 0.5) is 4.79 Å². The van der Waals surface area contributed by atoms with Crippen molar-refractivity contribution in [2.24, 2.45) is 11.8 Å². The first-order valence-electron chi connectivity index (χ1n) is 11.6. The van der Waals surface area contributed by atoms with Crippen LogP contribution in [-0.4, -0.2) is 42.3 Å². The number of fused-ring (bicyclic) bond motifs is 3. The summed E-state index contributed by atoms with van der Waals surface area (Å²) in [5.74, 6) is -1.71. The molecule has 7 nitrogen and oxygen atoms in total. The van der Waals surface area contributed by atoms with E-state index in [-0.39, 0.29) is 24.3 Å². The Morgan fingerprint density at radius 2 is 1.61 bits per heavy atom. The van der Waals surface area contributed by atoms with Crippen molar-refractivity contribution >= 4 is 18.0 Å². The number of amides is 2. The van der Waals surface area contributed by atoms with E-state index in [4.69, 9.17) is 4.74 Å². The van der Waals surface area contributed by atoms with Gasteiger partial charge < -0.3 is 20.5 Å². The van der Waals surface area contributed by atoms with Crippen LogP contribution in [0.1, 0.15) is 49.7 Å². The number of benzene rings is 2. The van der Waals surface area contributed by atoms with Crippen molar-refractivity contribution in [2.75, 3.05) is 13.2 Å². The van der Waals surface area contributed by atoms with Gasteiger partial charge in [0.25, 0.3) is 0 Å². The van der Waals surface area contributed by atoms with Crippen LogP contribution in [0.15, 0.2) is 48.5 Å². The molecule has 7 heteroatoms. The average molecular weight is 451 g/mol. The number of rotatable bonds is 7. The average Bonchev–Trinajstić information content (AvgIpc) is 3.15. The maximum absolute atomic E-state index is 12.5. The summed E-state index contributed by atoms with van der Waals surface area (Å²) in [6, 6.07) is 15.4. The summed E-state index contributed by atoms with van der Waals surface area (Å²) in [7, 11) is 0. The van der Waals surface area contributed by atoms with Crippen molar-refractivity contribution in [1.29, 1.82) is 0 Å². The molecule has 0 bridgehead atoms. The van der Waals surface area contributed by atoms with E-state index >= 15 is 0 Å². The van der Waals surface area contributed by atoms with Crippen molar-refractivity contribution < 1.29 is 24.2 Å². The van der Waals surface area contributed by atoms with Crippen LogP contribution in [0.3, 0.4) is 0 Å². The second-order valence-electron chi connectivity index (χ2n) is 8.93. The molecule has 0 aliphatic heterocycles. The van der Waals surface area contributed by atoms with Crippen molar-refractivity contribution in [1.82, 2.24) is 10.6 Å². The summed E-state index contributed by atoms with van der Waals surface area (Å²) in [6.45, 7) is 2.06. The van der Waals surface area contributed by atoms with Gasteiger partial charge in [-0.3, -0.25) is 9.59 Å². The van der Waals surface area contributed by atoms with Gasteiger partial charge in [0.2, 0.25) is 5.91 Å². The molecule has 0 saturated heterocycles. The van der Waals surface area contributed by atoms with E-state index in [2.05, 4.69) is 22.8 Å². The van der Waals surface area contributed by atoms with Gasteiger partial charge in [0.1, 0.15) is 12.6 Å². The molecule has 1 fully saturated rings. The highest BCUT2D eigenvalue weighted by Gasteiger charge is 2.32. The van der Waals surface area contributed by atoms with E-state index in [1.54, 1.807) is 6.92 Å². The van der Waals surface area contributed by atoms with E-state index in [1.165, 1.54) is 0 Å². The highest BCUT2D eigenvalue weighted by molar-refractivity contribution is 5.85. The lowest BCUT2D eigenvalue weighted by molar-refractivity contribution is -0.145. The van der Waals surface area contributed by atoms with Gasteiger partial charge in [0.15, 0.2) is 0 Å². The molecule has 2 amide bonds. The van der Waals surface area contributed by atoms with Crippen LogP contribution in [0.25, 0.3) is 11.1 Å². The normalized spacial score (nSPS) is 20.3. The molecule has 0 radical (unpaired) electrons. The summed E-state index contributed by atoms with van der Waals surface area (Å²) in [5.41, 5.74) is 4.55. The minimum atomic E-state index is -0.807. The lowest BCUT2D eigenvalue weighted by Gasteiger charge is -2.29. The fraction of sp³-hybridized carbons (Fsp3) is 0.423. The van der Waals surface area contributed by atoms with Crippen molar-refractivity contribution in [3.8, 4) is 11.1 Å². The predicted molar refractivity (Wildman–Crippen MR) is 124 cm³/mol. The van der Waals surface area contributed by atoms with Gasteiger partial charge in [-0.05, 0) is 47.9 Å². The van der Waals surface area contributed by atoms with Crippen LogP contribution >= 0.6 is 0 Å². The van der Waals surface area contributed by atoms with Gasteiger partial charge in [-0.25, -0.2) is 4.79 Å². The minimum Gasteiger partial charge on any atom is -0.481 e. The van der Waals surface area contributed by atoms with E-state index < -0.39 is 24.0 Å². The van der Waals surface area contributed by atoms with Gasteiger partial charge >= 0.3 is 12.1 Å². The number of carboxylic acid groups (broad SMARTS) is 1. The number of alkyl carbamates (subject to hydrolysis) is 1. The van der Waals surface area contributed by atoms with Crippen LogP contribution in [0.2, 0.25) is 0 Å². The Kier molecular flexibility index (Phi) is 6.96. The summed E-state index contributed by atoms with van der Waals surface area (Å²) in [6.07, 6.45) is 2.65. The highest BCUT2D eigenvalue weighted by atomic mass is 16.5. The van der Waals surface area contributed by atoms with Gasteiger partial charge in [0.05, 0.1) is 5.92 Å². The zero-order valence-corrected chi connectivity index (χ0v) is 18.8. The van der Waals surface area contributed by atoms with Crippen molar-refractivity contribution in [2.45, 2.75) is 44.6 Å². The van der Waals surface area contributed by atoms with E-state index in [0.717, 1.165) is 41.5 Å². The SMILES string of the molecule is CC(NC(=O)OCC1c2ccccc2-c2ccccc21)C(=O)NCC1CCCCC1C(=O)O. The number of hydrogen-bond acceptors (Lipinski definition) is 4. The molecule has 1 saturated carbocycles. The van der Waals surface area contributed by atoms with Gasteiger partial charge in [-0.15, -0.1) is 0 Å². The van der Waals surface area contributed by atoms with Crippen molar-refractivity contribution in [3.05, 3.63) is 59.7 Å². The second kappa shape index (κ2) is 10.1. The summed E-state index contributed by atoms with van der Waals surface area (Å²) >= 11 is 0. The first-order valence-corrected chi connectivity index (χ1v) is 11.6.